The van der Waals surface area contributed by atoms with E-state index < -0.39 is 0 Å². The first-order valence-corrected chi connectivity index (χ1v) is 19.0. The van der Waals surface area contributed by atoms with Gasteiger partial charge in [0.05, 0.1) is 6.04 Å². The van der Waals surface area contributed by atoms with Crippen LogP contribution in [-0.4, -0.2) is 36.0 Å². The molecule has 3 aliphatic carbocycles. The molecule has 0 radical (unpaired) electrons. The second-order valence-corrected chi connectivity index (χ2v) is 15.0. The SMILES string of the molecule is C=C(CCc1cccc(C2=CCC(=CC)C(Cc3ccc(C(C(=C)N4CCC4)N4CCCCC4)cc3)=C2)c1C)C1=CC2=C(CCCC2)C1. The van der Waals surface area contributed by atoms with Crippen molar-refractivity contribution in [2.24, 2.45) is 0 Å². The quantitative estimate of drug-likeness (QED) is 0.242. The lowest BCUT2D eigenvalue weighted by atomic mass is 9.84. The van der Waals surface area contributed by atoms with Crippen LogP contribution in [0.15, 0.2) is 119 Å². The highest BCUT2D eigenvalue weighted by Gasteiger charge is 2.30. The number of allylic oxidation sites excluding steroid dienone is 11. The summed E-state index contributed by atoms with van der Waals surface area (Å²) >= 11 is 0. The van der Waals surface area contributed by atoms with Gasteiger partial charge in [0, 0.05) is 18.8 Å². The summed E-state index contributed by atoms with van der Waals surface area (Å²) < 4.78 is 0. The largest absolute Gasteiger partial charge is 0.374 e. The van der Waals surface area contributed by atoms with E-state index in [9.17, 15) is 0 Å². The second-order valence-electron chi connectivity index (χ2n) is 15.0. The highest BCUT2D eigenvalue weighted by atomic mass is 15.3. The molecule has 2 heteroatoms. The van der Waals surface area contributed by atoms with Crippen molar-refractivity contribution in [3.8, 4) is 0 Å². The van der Waals surface area contributed by atoms with Gasteiger partial charge in [-0.3, -0.25) is 4.90 Å². The number of likely N-dealkylation sites (tertiary alicyclic amines) is 2. The van der Waals surface area contributed by atoms with Crippen LogP contribution in [0, 0.1) is 6.92 Å². The molecule has 1 atom stereocenters. The summed E-state index contributed by atoms with van der Waals surface area (Å²) in [7, 11) is 0. The number of hydrogen-bond acceptors (Lipinski definition) is 2. The molecule has 2 aromatic carbocycles. The second kappa shape index (κ2) is 14.9. The number of hydrogen-bond donors (Lipinski definition) is 0. The van der Waals surface area contributed by atoms with Gasteiger partial charge < -0.3 is 4.90 Å². The van der Waals surface area contributed by atoms with Crippen molar-refractivity contribution in [3.05, 3.63) is 147 Å². The Morgan fingerprint density at radius 1 is 0.875 bits per heavy atom. The summed E-state index contributed by atoms with van der Waals surface area (Å²) in [4.78, 5) is 5.18. The van der Waals surface area contributed by atoms with Crippen LogP contribution in [0.25, 0.3) is 5.57 Å². The highest BCUT2D eigenvalue weighted by Crippen LogP contribution is 2.40. The summed E-state index contributed by atoms with van der Waals surface area (Å²) in [6.07, 6.45) is 25.4. The number of benzene rings is 2. The molecule has 0 spiro atoms. The van der Waals surface area contributed by atoms with Gasteiger partial charge in [0.2, 0.25) is 0 Å². The lowest BCUT2D eigenvalue weighted by Crippen LogP contribution is -2.43. The molecule has 2 nitrogen and oxygen atoms in total. The van der Waals surface area contributed by atoms with Crippen molar-refractivity contribution >= 4 is 5.57 Å². The molecule has 48 heavy (non-hydrogen) atoms. The standard InChI is InChI=1S/C46H56N2/c1-5-37-23-24-42(45-16-11-15-38(34(45)3)20-17-33(2)43-30-40-13-7-8-14-41(40)31-43)32-44(37)29-36-18-21-39(22-19-36)46(35(4)47-27-12-28-47)48-25-9-6-10-26-48/h5,11,15-16,18-19,21-22,24,30,32,46H,2,4,6-10,12-14,17,20,23,25-29,31H2,1,3H3. The van der Waals surface area contributed by atoms with Gasteiger partial charge in [-0.15, -0.1) is 0 Å². The molecule has 5 aliphatic rings. The summed E-state index contributed by atoms with van der Waals surface area (Å²) in [6, 6.07) is 16.8. The summed E-state index contributed by atoms with van der Waals surface area (Å²) in [5.74, 6) is 0. The van der Waals surface area contributed by atoms with Crippen LogP contribution >= 0.6 is 0 Å². The molecule has 0 bridgehead atoms. The Balaban J connectivity index is 1.05. The number of piperidine rings is 1. The zero-order valence-electron chi connectivity index (χ0n) is 29.8. The van der Waals surface area contributed by atoms with Crippen LogP contribution in [0.4, 0.5) is 0 Å². The van der Waals surface area contributed by atoms with Crippen molar-refractivity contribution in [3.63, 3.8) is 0 Å². The summed E-state index contributed by atoms with van der Waals surface area (Å²) in [5.41, 5.74) is 18.8. The minimum atomic E-state index is 0.304. The van der Waals surface area contributed by atoms with Gasteiger partial charge in [-0.1, -0.05) is 97.5 Å². The van der Waals surface area contributed by atoms with Gasteiger partial charge in [-0.05, 0) is 160 Å². The topological polar surface area (TPSA) is 6.48 Å². The maximum absolute atomic E-state index is 4.62. The van der Waals surface area contributed by atoms with Gasteiger partial charge >= 0.3 is 0 Å². The molecule has 7 rings (SSSR count). The molecular formula is C46H56N2. The maximum atomic E-state index is 4.62. The van der Waals surface area contributed by atoms with Gasteiger partial charge in [0.25, 0.3) is 0 Å². The average molecular weight is 637 g/mol. The molecule has 250 valence electrons. The molecule has 0 saturated carbocycles. The molecule has 2 aliphatic heterocycles. The molecule has 2 aromatic rings. The first-order chi connectivity index (χ1) is 23.5. The molecule has 0 N–H and O–H groups in total. The zero-order chi connectivity index (χ0) is 33.0. The van der Waals surface area contributed by atoms with Crippen molar-refractivity contribution < 1.29 is 0 Å². The normalized spacial score (nSPS) is 21.3. The fourth-order valence-corrected chi connectivity index (χ4v) is 8.75. The van der Waals surface area contributed by atoms with Crippen LogP contribution in [0.3, 0.4) is 0 Å². The van der Waals surface area contributed by atoms with E-state index in [1.165, 1.54) is 126 Å². The Hall–Kier alpha value is -3.62. The fraction of sp³-hybridized carbons (Fsp3) is 0.435. The Morgan fingerprint density at radius 2 is 1.67 bits per heavy atom. The molecule has 1 unspecified atom stereocenters. The van der Waals surface area contributed by atoms with E-state index in [2.05, 4.69) is 104 Å². The molecule has 0 amide bonds. The molecule has 2 fully saturated rings. The maximum Gasteiger partial charge on any atom is 0.0746 e. The Kier molecular flexibility index (Phi) is 10.2. The summed E-state index contributed by atoms with van der Waals surface area (Å²) in [5, 5.41) is 0. The van der Waals surface area contributed by atoms with Crippen LogP contribution < -0.4 is 0 Å². The van der Waals surface area contributed by atoms with Crippen molar-refractivity contribution in [2.45, 2.75) is 103 Å². The summed E-state index contributed by atoms with van der Waals surface area (Å²) in [6.45, 7) is 18.4. The number of rotatable bonds is 11. The lowest BCUT2D eigenvalue weighted by Gasteiger charge is -2.43. The van der Waals surface area contributed by atoms with E-state index >= 15 is 0 Å². The minimum Gasteiger partial charge on any atom is -0.374 e. The van der Waals surface area contributed by atoms with Gasteiger partial charge in [-0.25, -0.2) is 0 Å². The number of aryl methyl sites for hydroxylation is 1. The highest BCUT2D eigenvalue weighted by molar-refractivity contribution is 5.80. The third-order valence-corrected chi connectivity index (χ3v) is 11.9. The third kappa shape index (κ3) is 7.06. The molecule has 2 heterocycles. The van der Waals surface area contributed by atoms with Gasteiger partial charge in [-0.2, -0.15) is 0 Å². The van der Waals surface area contributed by atoms with Gasteiger partial charge in [0.1, 0.15) is 0 Å². The third-order valence-electron chi connectivity index (χ3n) is 11.9. The van der Waals surface area contributed by atoms with Gasteiger partial charge in [0.15, 0.2) is 0 Å². The van der Waals surface area contributed by atoms with Crippen LogP contribution in [-0.2, 0) is 12.8 Å². The molecular weight excluding hydrogens is 581 g/mol. The molecule has 0 aromatic heterocycles. The van der Waals surface area contributed by atoms with E-state index in [1.54, 1.807) is 11.1 Å². The monoisotopic (exact) mass is 636 g/mol. The van der Waals surface area contributed by atoms with E-state index in [-0.39, 0.29) is 0 Å². The van der Waals surface area contributed by atoms with Crippen molar-refractivity contribution in [1.29, 1.82) is 0 Å². The van der Waals surface area contributed by atoms with E-state index in [4.69, 9.17) is 0 Å². The molecule has 2 saturated heterocycles. The van der Waals surface area contributed by atoms with Crippen LogP contribution in [0.2, 0.25) is 0 Å². The van der Waals surface area contributed by atoms with E-state index in [0.717, 1.165) is 45.2 Å². The Bertz CT molecular complexity index is 1690. The number of nitrogens with zero attached hydrogens (tertiary/aromatic N) is 2. The van der Waals surface area contributed by atoms with E-state index in [0.29, 0.717) is 6.04 Å². The zero-order valence-corrected chi connectivity index (χ0v) is 29.8. The lowest BCUT2D eigenvalue weighted by molar-refractivity contribution is 0.133. The van der Waals surface area contributed by atoms with E-state index in [1.807, 2.05) is 0 Å². The minimum absolute atomic E-state index is 0.304. The first-order valence-electron chi connectivity index (χ1n) is 19.0. The van der Waals surface area contributed by atoms with Crippen molar-refractivity contribution in [2.75, 3.05) is 26.2 Å². The van der Waals surface area contributed by atoms with Crippen molar-refractivity contribution in [1.82, 2.24) is 9.80 Å². The predicted molar refractivity (Wildman–Crippen MR) is 205 cm³/mol. The Labute approximate surface area is 291 Å². The average Bonchev–Trinajstić information content (AvgIpc) is 3.53. The smallest absolute Gasteiger partial charge is 0.0746 e. The fourth-order valence-electron chi connectivity index (χ4n) is 8.75. The van der Waals surface area contributed by atoms with Crippen LogP contribution in [0.5, 0.6) is 0 Å². The predicted octanol–water partition coefficient (Wildman–Crippen LogP) is 11.3. The Morgan fingerprint density at radius 3 is 2.40 bits per heavy atom. The van der Waals surface area contributed by atoms with Crippen LogP contribution in [0.1, 0.15) is 111 Å². The first kappa shape index (κ1) is 32.9.